The van der Waals surface area contributed by atoms with Gasteiger partial charge in [0, 0.05) is 0 Å². The summed E-state index contributed by atoms with van der Waals surface area (Å²) in [6, 6.07) is 1.68. The third-order valence-corrected chi connectivity index (χ3v) is 1.59. The maximum Gasteiger partial charge on any atom is 0.324 e. The quantitative estimate of drug-likeness (QED) is 0.805. The molecule has 0 saturated heterocycles. The molecule has 0 aliphatic carbocycles. The van der Waals surface area contributed by atoms with E-state index in [0.717, 1.165) is 12.4 Å². The molecule has 0 aliphatic heterocycles. The number of nitrogens with zero attached hydrogens (tertiary/aromatic N) is 3. The van der Waals surface area contributed by atoms with E-state index in [1.807, 2.05) is 5.32 Å². The molecular weight excluding hydrogens is 228 g/mol. The predicted molar refractivity (Wildman–Crippen MR) is 46.2 cm³/mol. The minimum atomic E-state index is -4.13. The molecule has 1 N–H and O–H groups in total. The highest BCUT2D eigenvalue weighted by Crippen LogP contribution is 2.22. The lowest BCUT2D eigenvalue weighted by Gasteiger charge is -2.15. The molecule has 0 aliphatic rings. The van der Waals surface area contributed by atoms with Gasteiger partial charge in [-0.15, -0.1) is 0 Å². The second-order valence-electron chi connectivity index (χ2n) is 2.81. The van der Waals surface area contributed by atoms with Crippen LogP contribution < -0.4 is 5.32 Å². The van der Waals surface area contributed by atoms with Crippen LogP contribution in [0.15, 0.2) is 12.4 Å². The van der Waals surface area contributed by atoms with Gasteiger partial charge in [-0.1, -0.05) is 0 Å². The highest BCUT2D eigenvalue weighted by molar-refractivity contribution is 5.33. The fraction of sp³-hybridized carbons (Fsp3) is 0.375. The van der Waals surface area contributed by atoms with Crippen molar-refractivity contribution < 1.29 is 17.6 Å². The van der Waals surface area contributed by atoms with Crippen LogP contribution in [0.4, 0.5) is 23.4 Å². The largest absolute Gasteiger partial charge is 0.363 e. The Labute approximate surface area is 87.9 Å². The van der Waals surface area contributed by atoms with Crippen LogP contribution in [0.5, 0.6) is 0 Å². The highest BCUT2D eigenvalue weighted by Gasteiger charge is 2.40. The molecule has 0 radical (unpaired) electrons. The van der Waals surface area contributed by atoms with Crippen molar-refractivity contribution in [1.29, 1.82) is 5.26 Å². The van der Waals surface area contributed by atoms with Crippen molar-refractivity contribution in [2.75, 3.05) is 11.9 Å². The van der Waals surface area contributed by atoms with Crippen molar-refractivity contribution in [3.05, 3.63) is 18.1 Å². The van der Waals surface area contributed by atoms with Gasteiger partial charge in [-0.25, -0.2) is 18.7 Å². The molecule has 0 aromatic carbocycles. The topological polar surface area (TPSA) is 61.6 Å². The number of anilines is 1. The Balaban J connectivity index is 2.59. The van der Waals surface area contributed by atoms with E-state index in [2.05, 4.69) is 9.97 Å². The molecule has 0 amide bonds. The smallest absolute Gasteiger partial charge is 0.324 e. The molecule has 0 atom stereocenters. The van der Waals surface area contributed by atoms with Crippen LogP contribution in [-0.4, -0.2) is 28.9 Å². The number of hydrogen-bond acceptors (Lipinski definition) is 4. The Morgan fingerprint density at radius 2 is 2.06 bits per heavy atom. The van der Waals surface area contributed by atoms with E-state index in [0.29, 0.717) is 0 Å². The first-order valence-corrected chi connectivity index (χ1v) is 4.07. The summed E-state index contributed by atoms with van der Waals surface area (Å²) in [7, 11) is 0. The SMILES string of the molecule is N#Cc1cnc(NCC(F)(F)C(F)F)cn1. The van der Waals surface area contributed by atoms with E-state index in [1.54, 1.807) is 6.07 Å². The molecule has 0 fully saturated rings. The van der Waals surface area contributed by atoms with Gasteiger partial charge in [-0.05, 0) is 0 Å². The fourth-order valence-corrected chi connectivity index (χ4v) is 0.763. The van der Waals surface area contributed by atoms with Gasteiger partial charge in [0.1, 0.15) is 11.9 Å². The molecule has 4 nitrogen and oxygen atoms in total. The molecule has 0 unspecified atom stereocenters. The molecule has 16 heavy (non-hydrogen) atoms. The van der Waals surface area contributed by atoms with Crippen LogP contribution in [-0.2, 0) is 0 Å². The van der Waals surface area contributed by atoms with Crippen molar-refractivity contribution >= 4 is 5.82 Å². The third kappa shape index (κ3) is 3.05. The zero-order valence-electron chi connectivity index (χ0n) is 7.79. The van der Waals surface area contributed by atoms with E-state index in [4.69, 9.17) is 5.26 Å². The summed E-state index contributed by atoms with van der Waals surface area (Å²) in [6.07, 6.45) is -1.69. The first-order valence-electron chi connectivity index (χ1n) is 4.07. The minimum Gasteiger partial charge on any atom is -0.363 e. The van der Waals surface area contributed by atoms with E-state index < -0.39 is 18.9 Å². The molecule has 8 heteroatoms. The molecule has 0 spiro atoms. The van der Waals surface area contributed by atoms with Gasteiger partial charge in [-0.3, -0.25) is 0 Å². The minimum absolute atomic E-state index is 0.00571. The molecule has 1 heterocycles. The fourth-order valence-electron chi connectivity index (χ4n) is 0.763. The number of rotatable bonds is 4. The van der Waals surface area contributed by atoms with Crippen molar-refractivity contribution in [2.45, 2.75) is 12.3 Å². The van der Waals surface area contributed by atoms with Crippen LogP contribution in [0.25, 0.3) is 0 Å². The number of alkyl halides is 4. The molecule has 86 valence electrons. The van der Waals surface area contributed by atoms with E-state index in [-0.39, 0.29) is 11.5 Å². The number of aromatic nitrogens is 2. The van der Waals surface area contributed by atoms with Gasteiger partial charge >= 0.3 is 12.3 Å². The average Bonchev–Trinajstić information content (AvgIpc) is 2.27. The maximum absolute atomic E-state index is 12.5. The van der Waals surface area contributed by atoms with Crippen LogP contribution in [0.3, 0.4) is 0 Å². The van der Waals surface area contributed by atoms with Crippen LogP contribution in [0.2, 0.25) is 0 Å². The molecular formula is C8H6F4N4. The van der Waals surface area contributed by atoms with Crippen LogP contribution in [0, 0.1) is 11.3 Å². The summed E-state index contributed by atoms with van der Waals surface area (Å²) >= 11 is 0. The predicted octanol–water partition coefficient (Wildman–Crippen LogP) is 1.66. The number of hydrogen-bond donors (Lipinski definition) is 1. The van der Waals surface area contributed by atoms with Crippen molar-refractivity contribution in [1.82, 2.24) is 9.97 Å². The number of nitrogens with one attached hydrogen (secondary N) is 1. The second-order valence-corrected chi connectivity index (χ2v) is 2.81. The Morgan fingerprint density at radius 3 is 2.50 bits per heavy atom. The second kappa shape index (κ2) is 4.74. The maximum atomic E-state index is 12.5. The van der Waals surface area contributed by atoms with Gasteiger partial charge in [0.15, 0.2) is 5.69 Å². The average molecular weight is 234 g/mol. The lowest BCUT2D eigenvalue weighted by molar-refractivity contribution is -0.117. The summed E-state index contributed by atoms with van der Waals surface area (Å²) < 4.78 is 48.5. The van der Waals surface area contributed by atoms with E-state index in [1.165, 1.54) is 0 Å². The Kier molecular flexibility index (Phi) is 3.60. The Bertz CT molecular complexity index is 384. The molecule has 0 bridgehead atoms. The third-order valence-electron chi connectivity index (χ3n) is 1.59. The van der Waals surface area contributed by atoms with E-state index in [9.17, 15) is 17.6 Å². The van der Waals surface area contributed by atoms with Crippen molar-refractivity contribution in [2.24, 2.45) is 0 Å². The first kappa shape index (κ1) is 12.2. The molecule has 0 saturated carbocycles. The van der Waals surface area contributed by atoms with Gasteiger partial charge in [0.05, 0.1) is 18.9 Å². The van der Waals surface area contributed by atoms with Crippen LogP contribution >= 0.6 is 0 Å². The molecule has 1 aromatic rings. The summed E-state index contributed by atoms with van der Waals surface area (Å²) in [5.74, 6) is -4.23. The van der Waals surface area contributed by atoms with E-state index >= 15 is 0 Å². The van der Waals surface area contributed by atoms with Crippen LogP contribution in [0.1, 0.15) is 5.69 Å². The zero-order chi connectivity index (χ0) is 12.2. The summed E-state index contributed by atoms with van der Waals surface area (Å²) in [5, 5.41) is 10.4. The molecule has 1 aromatic heterocycles. The lowest BCUT2D eigenvalue weighted by atomic mass is 10.3. The van der Waals surface area contributed by atoms with Gasteiger partial charge in [-0.2, -0.15) is 14.0 Å². The summed E-state index contributed by atoms with van der Waals surface area (Å²) in [4.78, 5) is 7.06. The monoisotopic (exact) mass is 234 g/mol. The standard InChI is InChI=1S/C8H6F4N4/c9-7(10)8(11,12)4-16-6-3-14-5(1-13)2-15-6/h2-3,7H,4H2,(H,15,16). The van der Waals surface area contributed by atoms with Gasteiger partial charge < -0.3 is 5.32 Å². The normalized spacial score (nSPS) is 11.2. The van der Waals surface area contributed by atoms with Gasteiger partial charge in [0.2, 0.25) is 0 Å². The summed E-state index contributed by atoms with van der Waals surface area (Å²) in [5.41, 5.74) is 0.00571. The summed E-state index contributed by atoms with van der Waals surface area (Å²) in [6.45, 7) is -1.24. The number of halogens is 4. The lowest BCUT2D eigenvalue weighted by Crippen LogP contribution is -2.35. The zero-order valence-corrected chi connectivity index (χ0v) is 7.79. The first-order chi connectivity index (χ1) is 7.45. The van der Waals surface area contributed by atoms with Crippen molar-refractivity contribution in [3.63, 3.8) is 0 Å². The van der Waals surface area contributed by atoms with Crippen molar-refractivity contribution in [3.8, 4) is 6.07 Å². The molecule has 1 rings (SSSR count). The van der Waals surface area contributed by atoms with Gasteiger partial charge in [0.25, 0.3) is 0 Å². The number of nitriles is 1. The highest BCUT2D eigenvalue weighted by atomic mass is 19.3. The Hall–Kier alpha value is -1.91. The Morgan fingerprint density at radius 1 is 1.38 bits per heavy atom.